The van der Waals surface area contributed by atoms with E-state index >= 15 is 0 Å². The molecule has 0 amide bonds. The van der Waals surface area contributed by atoms with Crippen molar-refractivity contribution >= 4 is 21.7 Å². The first kappa shape index (κ1) is 9.96. The smallest absolute Gasteiger partial charge is 0.408 e. The molecule has 3 aromatic rings. The van der Waals surface area contributed by atoms with Gasteiger partial charge in [0.15, 0.2) is 0 Å². The maximum Gasteiger partial charge on any atom is 0.439 e. The third-order valence-corrected chi connectivity index (χ3v) is 2.81. The highest BCUT2D eigenvalue weighted by Crippen LogP contribution is 2.22. The summed E-state index contributed by atoms with van der Waals surface area (Å²) in [5.41, 5.74) is 1.35. The van der Waals surface area contributed by atoms with Gasteiger partial charge < -0.3 is 4.42 Å². The van der Waals surface area contributed by atoms with E-state index in [0.29, 0.717) is 12.0 Å². The van der Waals surface area contributed by atoms with Crippen molar-refractivity contribution in [1.29, 1.82) is 0 Å². The van der Waals surface area contributed by atoms with Crippen LogP contribution in [0.15, 0.2) is 39.8 Å². The summed E-state index contributed by atoms with van der Waals surface area (Å²) >= 11 is 0. The Morgan fingerprint density at radius 3 is 3.00 bits per heavy atom. The fourth-order valence-electron chi connectivity index (χ4n) is 1.98. The molecule has 4 nitrogen and oxygen atoms in total. The molecule has 4 heteroatoms. The van der Waals surface area contributed by atoms with Gasteiger partial charge in [0.2, 0.25) is 0 Å². The van der Waals surface area contributed by atoms with E-state index in [2.05, 4.69) is 9.97 Å². The number of rotatable bonds is 1. The van der Waals surface area contributed by atoms with E-state index in [9.17, 15) is 4.79 Å². The van der Waals surface area contributed by atoms with Crippen LogP contribution in [-0.4, -0.2) is 9.97 Å². The van der Waals surface area contributed by atoms with E-state index in [-0.39, 0.29) is 0 Å². The van der Waals surface area contributed by atoms with Gasteiger partial charge in [-0.2, -0.15) is 4.98 Å². The van der Waals surface area contributed by atoms with Crippen molar-refractivity contribution in [3.05, 3.63) is 46.8 Å². The number of fused-ring (bicyclic) bond motifs is 2. The van der Waals surface area contributed by atoms with Gasteiger partial charge in [0.25, 0.3) is 0 Å². The average Bonchev–Trinajstić information content (AvgIpc) is 2.35. The van der Waals surface area contributed by atoms with Crippen molar-refractivity contribution in [2.75, 3.05) is 0 Å². The van der Waals surface area contributed by atoms with E-state index in [1.165, 1.54) is 0 Å². The Hall–Kier alpha value is -2.23. The van der Waals surface area contributed by atoms with Gasteiger partial charge in [-0.05, 0) is 30.0 Å². The Balaban J connectivity index is 2.51. The second-order valence-electron chi connectivity index (χ2n) is 3.85. The molecule has 2 heterocycles. The zero-order valence-corrected chi connectivity index (χ0v) is 9.30. The number of nitrogens with zero attached hydrogens (tertiary/aromatic N) is 2. The summed E-state index contributed by atoms with van der Waals surface area (Å²) in [6, 6.07) is 5.71. The molecule has 0 N–H and O–H groups in total. The summed E-state index contributed by atoms with van der Waals surface area (Å²) < 4.78 is 5.13. The van der Waals surface area contributed by atoms with E-state index in [0.717, 1.165) is 21.9 Å². The molecule has 84 valence electrons. The fourth-order valence-corrected chi connectivity index (χ4v) is 1.98. The van der Waals surface area contributed by atoms with Crippen LogP contribution in [0.4, 0.5) is 0 Å². The molecule has 1 aromatic carbocycles. The molecule has 0 bridgehead atoms. The molecule has 0 saturated carbocycles. The number of pyridine rings is 1. The van der Waals surface area contributed by atoms with E-state index in [1.54, 1.807) is 12.4 Å². The van der Waals surface area contributed by atoms with Gasteiger partial charge in [-0.25, -0.2) is 4.79 Å². The molecular formula is C13H10N2O2. The largest absolute Gasteiger partial charge is 0.439 e. The first-order valence-electron chi connectivity index (χ1n) is 5.45. The summed E-state index contributed by atoms with van der Waals surface area (Å²) in [6.45, 7) is 1.97. The molecule has 0 unspecified atom stereocenters. The lowest BCUT2D eigenvalue weighted by molar-refractivity contribution is 0.527. The zero-order chi connectivity index (χ0) is 11.8. The van der Waals surface area contributed by atoms with Gasteiger partial charge in [0.05, 0.1) is 5.69 Å². The maximum absolute atomic E-state index is 11.3. The minimum Gasteiger partial charge on any atom is -0.408 e. The van der Waals surface area contributed by atoms with Crippen LogP contribution < -0.4 is 5.76 Å². The quantitative estimate of drug-likeness (QED) is 0.597. The van der Waals surface area contributed by atoms with Crippen LogP contribution in [0.3, 0.4) is 0 Å². The first-order chi connectivity index (χ1) is 8.28. The van der Waals surface area contributed by atoms with Crippen LogP contribution in [0, 0.1) is 0 Å². The van der Waals surface area contributed by atoms with Gasteiger partial charge in [0, 0.05) is 23.2 Å². The standard InChI is InChI=1S/C13H10N2O2/c1-2-11-10-5-9-7-14-4-3-8(9)6-12(10)17-13(16)15-11/h3-7H,2H2,1H3. The van der Waals surface area contributed by atoms with E-state index in [1.807, 2.05) is 25.1 Å². The summed E-state index contributed by atoms with van der Waals surface area (Å²) in [7, 11) is 0. The van der Waals surface area contributed by atoms with Crippen molar-refractivity contribution in [3.63, 3.8) is 0 Å². The van der Waals surface area contributed by atoms with Gasteiger partial charge in [-0.3, -0.25) is 4.98 Å². The summed E-state index contributed by atoms with van der Waals surface area (Å²) in [4.78, 5) is 19.3. The minimum absolute atomic E-state index is 0.539. The molecule has 0 aliphatic rings. The van der Waals surface area contributed by atoms with Gasteiger partial charge in [-0.1, -0.05) is 6.92 Å². The fraction of sp³-hybridized carbons (Fsp3) is 0.154. The molecule has 0 radical (unpaired) electrons. The highest BCUT2D eigenvalue weighted by Gasteiger charge is 2.07. The SMILES string of the molecule is CCc1nc(=O)oc2cc3ccncc3cc12. The molecule has 0 spiro atoms. The molecular weight excluding hydrogens is 216 g/mol. The monoisotopic (exact) mass is 226 g/mol. The zero-order valence-electron chi connectivity index (χ0n) is 9.30. The van der Waals surface area contributed by atoms with Crippen molar-refractivity contribution < 1.29 is 4.42 Å². The molecule has 0 atom stereocenters. The van der Waals surface area contributed by atoms with Gasteiger partial charge >= 0.3 is 5.76 Å². The van der Waals surface area contributed by atoms with Crippen LogP contribution in [0.5, 0.6) is 0 Å². The summed E-state index contributed by atoms with van der Waals surface area (Å²) in [5, 5.41) is 2.90. The first-order valence-corrected chi connectivity index (χ1v) is 5.45. The third kappa shape index (κ3) is 1.58. The molecule has 17 heavy (non-hydrogen) atoms. The molecule has 3 rings (SSSR count). The van der Waals surface area contributed by atoms with Crippen LogP contribution in [0.2, 0.25) is 0 Å². The molecule has 2 aromatic heterocycles. The Morgan fingerprint density at radius 1 is 1.29 bits per heavy atom. The third-order valence-electron chi connectivity index (χ3n) is 2.81. The number of aryl methyl sites for hydroxylation is 1. The van der Waals surface area contributed by atoms with Crippen LogP contribution in [0.25, 0.3) is 21.7 Å². The van der Waals surface area contributed by atoms with Crippen LogP contribution in [0.1, 0.15) is 12.6 Å². The predicted molar refractivity (Wildman–Crippen MR) is 65.0 cm³/mol. The molecule has 0 aliphatic heterocycles. The Kier molecular flexibility index (Phi) is 2.14. The minimum atomic E-state index is -0.539. The number of hydrogen-bond donors (Lipinski definition) is 0. The maximum atomic E-state index is 11.3. The van der Waals surface area contributed by atoms with Gasteiger partial charge in [-0.15, -0.1) is 0 Å². The van der Waals surface area contributed by atoms with Gasteiger partial charge in [0.1, 0.15) is 5.58 Å². The van der Waals surface area contributed by atoms with Crippen molar-refractivity contribution in [2.45, 2.75) is 13.3 Å². The van der Waals surface area contributed by atoms with Crippen LogP contribution in [-0.2, 0) is 6.42 Å². The number of hydrogen-bond acceptors (Lipinski definition) is 4. The van der Waals surface area contributed by atoms with E-state index in [4.69, 9.17) is 4.42 Å². The Labute approximate surface area is 96.9 Å². The number of aromatic nitrogens is 2. The highest BCUT2D eigenvalue weighted by atomic mass is 16.4. The van der Waals surface area contributed by atoms with Crippen molar-refractivity contribution in [2.24, 2.45) is 0 Å². The average molecular weight is 226 g/mol. The van der Waals surface area contributed by atoms with E-state index < -0.39 is 5.76 Å². The lowest BCUT2D eigenvalue weighted by Crippen LogP contribution is -2.07. The van der Waals surface area contributed by atoms with Crippen molar-refractivity contribution in [3.8, 4) is 0 Å². The lowest BCUT2D eigenvalue weighted by Gasteiger charge is -2.03. The second kappa shape index (κ2) is 3.66. The van der Waals surface area contributed by atoms with Crippen LogP contribution >= 0.6 is 0 Å². The van der Waals surface area contributed by atoms with Crippen molar-refractivity contribution in [1.82, 2.24) is 9.97 Å². The normalized spacial score (nSPS) is 11.1. The lowest BCUT2D eigenvalue weighted by atomic mass is 10.1. The predicted octanol–water partition coefficient (Wildman–Crippen LogP) is 2.30. The topological polar surface area (TPSA) is 56.0 Å². The second-order valence-corrected chi connectivity index (χ2v) is 3.85. The molecule has 0 aliphatic carbocycles. The summed E-state index contributed by atoms with van der Waals surface area (Å²) in [6.07, 6.45) is 4.21. The molecule has 0 saturated heterocycles. The Bertz CT molecular complexity index is 762. The Morgan fingerprint density at radius 2 is 2.18 bits per heavy atom. The number of benzene rings is 1. The summed E-state index contributed by atoms with van der Waals surface area (Å²) in [5.74, 6) is -0.539. The highest BCUT2D eigenvalue weighted by molar-refractivity contribution is 5.95. The molecule has 0 fully saturated rings.